The van der Waals surface area contributed by atoms with E-state index >= 15 is 4.39 Å². The van der Waals surface area contributed by atoms with E-state index in [1.54, 1.807) is 12.1 Å². The van der Waals surface area contributed by atoms with Gasteiger partial charge in [-0.2, -0.15) is 0 Å². The quantitative estimate of drug-likeness (QED) is 0.892. The number of halogens is 2. The van der Waals surface area contributed by atoms with Crippen molar-refractivity contribution in [1.82, 2.24) is 4.90 Å². The normalized spacial score (nSPS) is 33.4. The molecule has 1 atom stereocenters. The first-order chi connectivity index (χ1) is 11.3. The zero-order chi connectivity index (χ0) is 17.5. The maximum Gasteiger partial charge on any atom is 0.223 e. The van der Waals surface area contributed by atoms with Crippen LogP contribution in [0.2, 0.25) is 0 Å². The molecule has 3 rings (SSSR count). The zero-order valence-corrected chi connectivity index (χ0v) is 14.4. The van der Waals surface area contributed by atoms with Gasteiger partial charge >= 0.3 is 0 Å². The second-order valence-corrected chi connectivity index (χ2v) is 7.58. The van der Waals surface area contributed by atoms with Crippen molar-refractivity contribution in [2.24, 2.45) is 11.1 Å². The third-order valence-corrected chi connectivity index (χ3v) is 6.07. The molecule has 1 saturated heterocycles. The van der Waals surface area contributed by atoms with Gasteiger partial charge in [0.2, 0.25) is 5.91 Å². The Labute approximate surface area is 142 Å². The largest absolute Gasteiger partial charge is 0.369 e. The molecule has 0 aromatic heterocycles. The van der Waals surface area contributed by atoms with Crippen molar-refractivity contribution in [3.63, 3.8) is 0 Å². The number of carbonyl (C=O) groups is 1. The summed E-state index contributed by atoms with van der Waals surface area (Å²) in [5, 5.41) is 0. The average molecular weight is 336 g/mol. The van der Waals surface area contributed by atoms with Crippen LogP contribution in [0.15, 0.2) is 18.2 Å². The molecule has 1 aromatic rings. The van der Waals surface area contributed by atoms with Gasteiger partial charge in [0.05, 0.1) is 5.41 Å². The minimum absolute atomic E-state index is 0.0494. The van der Waals surface area contributed by atoms with Crippen LogP contribution in [0.4, 0.5) is 8.78 Å². The molecule has 2 aliphatic rings. The maximum atomic E-state index is 15.1. The fourth-order valence-electron chi connectivity index (χ4n) is 4.22. The smallest absolute Gasteiger partial charge is 0.223 e. The van der Waals surface area contributed by atoms with Gasteiger partial charge < -0.3 is 5.73 Å². The Kier molecular flexibility index (Phi) is 4.41. The highest BCUT2D eigenvalue weighted by Crippen LogP contribution is 2.58. The molecule has 1 amide bonds. The van der Waals surface area contributed by atoms with Crippen LogP contribution in [-0.2, 0) is 17.0 Å². The van der Waals surface area contributed by atoms with E-state index in [9.17, 15) is 9.18 Å². The van der Waals surface area contributed by atoms with Gasteiger partial charge in [-0.05, 0) is 44.4 Å². The van der Waals surface area contributed by atoms with Crippen LogP contribution >= 0.6 is 0 Å². The van der Waals surface area contributed by atoms with E-state index in [1.807, 2.05) is 6.92 Å². The average Bonchev–Trinajstić information content (AvgIpc) is 2.90. The molecular weight excluding hydrogens is 310 g/mol. The van der Waals surface area contributed by atoms with Gasteiger partial charge in [0.25, 0.3) is 0 Å². The number of nitrogens with zero attached hydrogens (tertiary/aromatic N) is 1. The molecule has 1 aromatic carbocycles. The van der Waals surface area contributed by atoms with E-state index in [1.165, 1.54) is 6.07 Å². The Morgan fingerprint density at radius 2 is 2.12 bits per heavy atom. The van der Waals surface area contributed by atoms with Crippen molar-refractivity contribution in [1.29, 1.82) is 0 Å². The van der Waals surface area contributed by atoms with Gasteiger partial charge in [0.15, 0.2) is 0 Å². The van der Waals surface area contributed by atoms with Crippen molar-refractivity contribution >= 4 is 5.91 Å². The summed E-state index contributed by atoms with van der Waals surface area (Å²) in [6, 6.07) is 5.12. The maximum absolute atomic E-state index is 15.1. The molecule has 0 unspecified atom stereocenters. The van der Waals surface area contributed by atoms with Crippen molar-refractivity contribution in [3.05, 3.63) is 35.1 Å². The van der Waals surface area contributed by atoms with Crippen LogP contribution in [0.1, 0.15) is 57.1 Å². The first-order valence-electron chi connectivity index (χ1n) is 8.81. The van der Waals surface area contributed by atoms with E-state index in [-0.39, 0.29) is 18.7 Å². The molecule has 5 heteroatoms. The molecule has 0 bridgehead atoms. The fourth-order valence-corrected chi connectivity index (χ4v) is 4.22. The molecule has 0 radical (unpaired) electrons. The van der Waals surface area contributed by atoms with Gasteiger partial charge in [-0.25, -0.2) is 8.78 Å². The molecular formula is C19H26F2N2O. The molecule has 24 heavy (non-hydrogen) atoms. The zero-order valence-electron chi connectivity index (χ0n) is 14.4. The Balaban J connectivity index is 1.74. The van der Waals surface area contributed by atoms with Crippen LogP contribution in [-0.4, -0.2) is 23.4 Å². The Bertz CT molecular complexity index is 640. The summed E-state index contributed by atoms with van der Waals surface area (Å²) in [6.07, 6.45) is 2.89. The van der Waals surface area contributed by atoms with Crippen molar-refractivity contribution in [3.8, 4) is 0 Å². The SMILES string of the molecule is CCC1(C(N)=O)CC(F)(c2ccc(CN3CCC[C@@H]3C)c(F)c2)C1. The molecule has 1 heterocycles. The number of likely N-dealkylation sites (tertiary alicyclic amines) is 1. The predicted octanol–water partition coefficient (Wildman–Crippen LogP) is 3.65. The second-order valence-electron chi connectivity index (χ2n) is 7.58. The summed E-state index contributed by atoms with van der Waals surface area (Å²) < 4.78 is 29.5. The van der Waals surface area contributed by atoms with Gasteiger partial charge in [-0.15, -0.1) is 0 Å². The highest BCUT2D eigenvalue weighted by atomic mass is 19.1. The molecule has 1 aliphatic carbocycles. The summed E-state index contributed by atoms with van der Waals surface area (Å²) in [6.45, 7) is 5.53. The van der Waals surface area contributed by atoms with Crippen molar-refractivity contribution < 1.29 is 13.6 Å². The number of hydrogen-bond donors (Lipinski definition) is 1. The lowest BCUT2D eigenvalue weighted by Gasteiger charge is -2.49. The Morgan fingerprint density at radius 1 is 1.42 bits per heavy atom. The molecule has 2 N–H and O–H groups in total. The molecule has 132 valence electrons. The van der Waals surface area contributed by atoms with E-state index in [4.69, 9.17) is 5.73 Å². The molecule has 1 saturated carbocycles. The summed E-state index contributed by atoms with van der Waals surface area (Å²) in [5.41, 5.74) is 3.91. The van der Waals surface area contributed by atoms with E-state index in [0.29, 0.717) is 30.1 Å². The van der Waals surface area contributed by atoms with Crippen LogP contribution in [0.5, 0.6) is 0 Å². The number of rotatable bonds is 5. The number of primary amides is 1. The molecule has 3 nitrogen and oxygen atoms in total. The van der Waals surface area contributed by atoms with Crippen molar-refractivity contribution in [2.75, 3.05) is 6.54 Å². The minimum Gasteiger partial charge on any atom is -0.369 e. The number of nitrogens with two attached hydrogens (primary N) is 1. The summed E-state index contributed by atoms with van der Waals surface area (Å²) in [4.78, 5) is 13.8. The van der Waals surface area contributed by atoms with Gasteiger partial charge in [0.1, 0.15) is 11.5 Å². The first-order valence-corrected chi connectivity index (χ1v) is 8.81. The Hall–Kier alpha value is -1.49. The molecule has 1 aliphatic heterocycles. The van der Waals surface area contributed by atoms with E-state index in [0.717, 1.165) is 19.4 Å². The minimum atomic E-state index is -1.65. The topological polar surface area (TPSA) is 46.3 Å². The first kappa shape index (κ1) is 17.3. The van der Waals surface area contributed by atoms with Crippen LogP contribution < -0.4 is 5.73 Å². The monoisotopic (exact) mass is 336 g/mol. The number of carbonyl (C=O) groups excluding carboxylic acids is 1. The van der Waals surface area contributed by atoms with Gasteiger partial charge in [0, 0.05) is 31.0 Å². The number of hydrogen-bond acceptors (Lipinski definition) is 2. The lowest BCUT2D eigenvalue weighted by molar-refractivity contribution is -0.148. The van der Waals surface area contributed by atoms with Gasteiger partial charge in [-0.3, -0.25) is 9.69 Å². The number of amides is 1. The lowest BCUT2D eigenvalue weighted by atomic mass is 9.56. The van der Waals surface area contributed by atoms with Crippen LogP contribution in [0.25, 0.3) is 0 Å². The van der Waals surface area contributed by atoms with E-state index < -0.39 is 17.0 Å². The standard InChI is InChI=1S/C19H26F2N2O/c1-3-18(17(22)24)11-19(21,12-18)15-7-6-14(16(20)9-15)10-23-8-4-5-13(23)2/h6-7,9,13H,3-5,8,10-12H2,1-2H3,(H2,22,24)/t13-,18?,19?/m0/s1. The second kappa shape index (κ2) is 6.10. The fraction of sp³-hybridized carbons (Fsp3) is 0.632. The molecule has 0 spiro atoms. The third-order valence-electron chi connectivity index (χ3n) is 6.07. The number of benzene rings is 1. The highest BCUT2D eigenvalue weighted by Gasteiger charge is 2.58. The number of alkyl halides is 1. The third kappa shape index (κ3) is 2.83. The lowest BCUT2D eigenvalue weighted by Crippen LogP contribution is -2.53. The summed E-state index contributed by atoms with van der Waals surface area (Å²) in [5.74, 6) is -0.824. The predicted molar refractivity (Wildman–Crippen MR) is 89.4 cm³/mol. The van der Waals surface area contributed by atoms with Gasteiger partial charge in [-0.1, -0.05) is 19.1 Å². The van der Waals surface area contributed by atoms with Crippen LogP contribution in [0, 0.1) is 11.2 Å². The Morgan fingerprint density at radius 3 is 2.62 bits per heavy atom. The van der Waals surface area contributed by atoms with Crippen molar-refractivity contribution in [2.45, 2.75) is 64.2 Å². The van der Waals surface area contributed by atoms with Crippen LogP contribution in [0.3, 0.4) is 0 Å². The molecule has 2 fully saturated rings. The van der Waals surface area contributed by atoms with E-state index in [2.05, 4.69) is 11.8 Å². The summed E-state index contributed by atoms with van der Waals surface area (Å²) >= 11 is 0. The highest BCUT2D eigenvalue weighted by molar-refractivity contribution is 5.82. The summed E-state index contributed by atoms with van der Waals surface area (Å²) in [7, 11) is 0.